The highest BCUT2D eigenvalue weighted by Gasteiger charge is 2.38. The van der Waals surface area contributed by atoms with Crippen LogP contribution in [0.3, 0.4) is 0 Å². The SMILES string of the molecule is CC(=O)N[C@H](C(=O)N[C@@H](CCC(N)=O)C(=O)N[C@H](Cc1ccc(I)cc1)C(=O)N1Cc2ccccc2C[C@@H]1C(N)=O)C(C)C. The van der Waals surface area contributed by atoms with Crippen LogP contribution in [0.1, 0.15) is 50.3 Å². The van der Waals surface area contributed by atoms with Crippen LogP contribution >= 0.6 is 22.6 Å². The number of fused-ring (bicyclic) bond motifs is 1. The monoisotopic (exact) mass is 718 g/mol. The summed E-state index contributed by atoms with van der Waals surface area (Å²) in [5.41, 5.74) is 13.6. The number of carbonyl (C=O) groups excluding carboxylic acids is 6. The van der Waals surface area contributed by atoms with Crippen molar-refractivity contribution < 1.29 is 28.8 Å². The first kappa shape index (κ1) is 34.5. The highest BCUT2D eigenvalue weighted by atomic mass is 127. The number of hydrogen-bond donors (Lipinski definition) is 5. The molecule has 2 aromatic carbocycles. The quantitative estimate of drug-likeness (QED) is 0.189. The van der Waals surface area contributed by atoms with E-state index < -0.39 is 59.6 Å². The molecule has 0 aromatic heterocycles. The predicted molar refractivity (Wildman–Crippen MR) is 171 cm³/mol. The highest BCUT2D eigenvalue weighted by Crippen LogP contribution is 2.25. The van der Waals surface area contributed by atoms with Crippen molar-refractivity contribution in [2.45, 2.75) is 77.2 Å². The molecule has 0 bridgehead atoms. The summed E-state index contributed by atoms with van der Waals surface area (Å²) in [6.45, 7) is 4.87. The fourth-order valence-corrected chi connectivity index (χ4v) is 5.47. The molecule has 13 heteroatoms. The molecule has 7 N–H and O–H groups in total. The van der Waals surface area contributed by atoms with E-state index in [0.717, 1.165) is 20.3 Å². The van der Waals surface area contributed by atoms with Crippen molar-refractivity contribution in [3.05, 3.63) is 68.8 Å². The third kappa shape index (κ3) is 9.49. The Balaban J connectivity index is 1.93. The molecule has 2 aromatic rings. The molecule has 0 aliphatic carbocycles. The zero-order valence-corrected chi connectivity index (χ0v) is 27.1. The number of nitrogens with two attached hydrogens (primary N) is 2. The molecule has 1 heterocycles. The molecule has 6 amide bonds. The number of halogens is 1. The van der Waals surface area contributed by atoms with Crippen molar-refractivity contribution in [1.82, 2.24) is 20.9 Å². The molecule has 1 aliphatic heterocycles. The molecule has 0 saturated carbocycles. The zero-order chi connectivity index (χ0) is 32.6. The first-order valence-electron chi connectivity index (χ1n) is 14.3. The maximum absolute atomic E-state index is 14.2. The molecule has 236 valence electrons. The van der Waals surface area contributed by atoms with Gasteiger partial charge in [0.1, 0.15) is 24.2 Å². The average molecular weight is 719 g/mol. The average Bonchev–Trinajstić information content (AvgIpc) is 2.97. The summed E-state index contributed by atoms with van der Waals surface area (Å²) in [6.07, 6.45) is -0.0307. The van der Waals surface area contributed by atoms with Crippen LogP contribution in [0.2, 0.25) is 0 Å². The van der Waals surface area contributed by atoms with Gasteiger partial charge in [-0.25, -0.2) is 0 Å². The predicted octanol–water partition coefficient (Wildman–Crippen LogP) is 0.668. The van der Waals surface area contributed by atoms with Gasteiger partial charge in [-0.15, -0.1) is 0 Å². The first-order valence-corrected chi connectivity index (χ1v) is 15.4. The smallest absolute Gasteiger partial charge is 0.246 e. The molecule has 0 radical (unpaired) electrons. The van der Waals surface area contributed by atoms with Gasteiger partial charge in [0.15, 0.2) is 0 Å². The lowest BCUT2D eigenvalue weighted by atomic mass is 9.92. The second-order valence-electron chi connectivity index (χ2n) is 11.2. The largest absolute Gasteiger partial charge is 0.370 e. The Morgan fingerprint density at radius 2 is 1.50 bits per heavy atom. The fraction of sp³-hybridized carbons (Fsp3) is 0.419. The Bertz CT molecular complexity index is 1400. The Labute approximate surface area is 270 Å². The van der Waals surface area contributed by atoms with Gasteiger partial charge < -0.3 is 32.3 Å². The molecule has 0 unspecified atom stereocenters. The maximum Gasteiger partial charge on any atom is 0.246 e. The Morgan fingerprint density at radius 3 is 2.07 bits per heavy atom. The summed E-state index contributed by atoms with van der Waals surface area (Å²) in [5, 5.41) is 7.95. The van der Waals surface area contributed by atoms with Gasteiger partial charge in [-0.3, -0.25) is 28.8 Å². The minimum absolute atomic E-state index is 0.0854. The summed E-state index contributed by atoms with van der Waals surface area (Å²) in [5.74, 6) is -3.94. The lowest BCUT2D eigenvalue weighted by Crippen LogP contribution is -2.60. The number of hydrogen-bond acceptors (Lipinski definition) is 6. The summed E-state index contributed by atoms with van der Waals surface area (Å²) in [7, 11) is 0. The minimum Gasteiger partial charge on any atom is -0.370 e. The number of rotatable bonds is 13. The van der Waals surface area contributed by atoms with Crippen LogP contribution in [0, 0.1) is 9.49 Å². The standard InChI is InChI=1S/C31H39IN6O6/c1-17(2)27(35-18(3)39)30(43)36-23(12-13-26(33)40)29(42)37-24(14-19-8-10-22(32)11-9-19)31(44)38-16-21-7-5-4-6-20(21)15-25(38)28(34)41/h4-11,17,23-25,27H,12-16H2,1-3H3,(H2,33,40)(H2,34,41)(H,35,39)(H,36,43)(H,37,42)/t23-,24+,25+,27-/m0/s1. The minimum atomic E-state index is -1.24. The molecule has 4 atom stereocenters. The topological polar surface area (TPSA) is 194 Å². The number of amides is 6. The van der Waals surface area contributed by atoms with Gasteiger partial charge in [0, 0.05) is 36.3 Å². The van der Waals surface area contributed by atoms with Gasteiger partial charge in [-0.05, 0) is 63.8 Å². The second kappa shape index (κ2) is 15.6. The van der Waals surface area contributed by atoms with Crippen LogP contribution in [0.15, 0.2) is 48.5 Å². The number of primary amides is 2. The fourth-order valence-electron chi connectivity index (χ4n) is 5.11. The molecular formula is C31H39IN6O6. The van der Waals surface area contributed by atoms with Crippen LogP contribution in [0.5, 0.6) is 0 Å². The van der Waals surface area contributed by atoms with E-state index in [1.165, 1.54) is 11.8 Å². The van der Waals surface area contributed by atoms with E-state index in [4.69, 9.17) is 11.5 Å². The van der Waals surface area contributed by atoms with Gasteiger partial charge in [-0.2, -0.15) is 0 Å². The van der Waals surface area contributed by atoms with E-state index >= 15 is 0 Å². The lowest BCUT2D eigenvalue weighted by Gasteiger charge is -2.37. The lowest BCUT2D eigenvalue weighted by molar-refractivity contribution is -0.144. The summed E-state index contributed by atoms with van der Waals surface area (Å²) < 4.78 is 0.979. The van der Waals surface area contributed by atoms with Crippen LogP contribution in [0.4, 0.5) is 0 Å². The van der Waals surface area contributed by atoms with Crippen molar-refractivity contribution >= 4 is 58.0 Å². The Hall–Kier alpha value is -4.01. The number of benzene rings is 2. The number of carbonyl (C=O) groups is 6. The molecule has 1 aliphatic rings. The summed E-state index contributed by atoms with van der Waals surface area (Å²) >= 11 is 2.16. The van der Waals surface area contributed by atoms with E-state index in [-0.39, 0.29) is 38.1 Å². The molecule has 0 saturated heterocycles. The van der Waals surface area contributed by atoms with Crippen LogP contribution < -0.4 is 27.4 Å². The number of nitrogens with zero attached hydrogens (tertiary/aromatic N) is 1. The molecule has 12 nitrogen and oxygen atoms in total. The normalized spacial score (nSPS) is 16.2. The molecular weight excluding hydrogens is 679 g/mol. The van der Waals surface area contributed by atoms with Crippen molar-refractivity contribution in [3.8, 4) is 0 Å². The zero-order valence-electron chi connectivity index (χ0n) is 25.0. The Kier molecular flexibility index (Phi) is 12.3. The van der Waals surface area contributed by atoms with Crippen molar-refractivity contribution in [2.75, 3.05) is 0 Å². The van der Waals surface area contributed by atoms with Crippen LogP contribution in [-0.4, -0.2) is 64.5 Å². The number of nitrogens with one attached hydrogen (secondary N) is 3. The third-order valence-corrected chi connectivity index (χ3v) is 8.17. The Morgan fingerprint density at radius 1 is 0.886 bits per heavy atom. The van der Waals surface area contributed by atoms with Gasteiger partial charge in [0.2, 0.25) is 35.4 Å². The molecule has 0 fully saturated rings. The van der Waals surface area contributed by atoms with Gasteiger partial charge in [0.25, 0.3) is 0 Å². The molecule has 3 rings (SSSR count). The van der Waals surface area contributed by atoms with Gasteiger partial charge in [0.05, 0.1) is 0 Å². The molecule has 0 spiro atoms. The van der Waals surface area contributed by atoms with E-state index in [0.29, 0.717) is 0 Å². The van der Waals surface area contributed by atoms with E-state index in [1.807, 2.05) is 48.5 Å². The van der Waals surface area contributed by atoms with Crippen LogP contribution in [-0.2, 0) is 48.2 Å². The maximum atomic E-state index is 14.2. The van der Waals surface area contributed by atoms with Gasteiger partial charge >= 0.3 is 0 Å². The van der Waals surface area contributed by atoms with E-state index in [1.54, 1.807) is 13.8 Å². The van der Waals surface area contributed by atoms with Crippen molar-refractivity contribution in [3.63, 3.8) is 0 Å². The third-order valence-electron chi connectivity index (χ3n) is 7.45. The van der Waals surface area contributed by atoms with E-state index in [2.05, 4.69) is 38.5 Å². The summed E-state index contributed by atoms with van der Waals surface area (Å²) in [4.78, 5) is 78.3. The van der Waals surface area contributed by atoms with Gasteiger partial charge in [-0.1, -0.05) is 50.2 Å². The van der Waals surface area contributed by atoms with Crippen LogP contribution in [0.25, 0.3) is 0 Å². The first-order chi connectivity index (χ1) is 20.8. The highest BCUT2D eigenvalue weighted by molar-refractivity contribution is 14.1. The van der Waals surface area contributed by atoms with E-state index in [9.17, 15) is 28.8 Å². The van der Waals surface area contributed by atoms with Crippen molar-refractivity contribution in [2.24, 2.45) is 17.4 Å². The summed E-state index contributed by atoms with van der Waals surface area (Å²) in [6, 6.07) is 10.6. The second-order valence-corrected chi connectivity index (χ2v) is 12.5. The van der Waals surface area contributed by atoms with Crippen molar-refractivity contribution in [1.29, 1.82) is 0 Å². The molecule has 44 heavy (non-hydrogen) atoms.